The van der Waals surface area contributed by atoms with Crippen LogP contribution in [0.25, 0.3) is 0 Å². The second kappa shape index (κ2) is 89.0. The van der Waals surface area contributed by atoms with Crippen molar-refractivity contribution in [2.75, 3.05) is 205 Å². The molecule has 0 spiro atoms. The number of nitrogens with one attached hydrogen (secondary N) is 3. The number of ether oxygens (including phenoxy) is 18. The highest BCUT2D eigenvalue weighted by atomic mass is 16.6. The van der Waals surface area contributed by atoms with E-state index in [4.69, 9.17) is 91.0 Å². The molecular weight excluding hydrogens is 1720 g/mol. The summed E-state index contributed by atoms with van der Waals surface area (Å²) in [5.41, 5.74) is 4.77. The first-order valence-electron chi connectivity index (χ1n) is 54.7. The molecule has 0 aromatic rings. The van der Waals surface area contributed by atoms with Gasteiger partial charge in [-0.05, 0) is 115 Å². The summed E-state index contributed by atoms with van der Waals surface area (Å²) in [5, 5.41) is 10.0. The van der Waals surface area contributed by atoms with Gasteiger partial charge in [0.1, 0.15) is 42.4 Å². The minimum Gasteiger partial charge on any atom is -0.378 e. The topological polar surface area (TPSA) is 297 Å². The molecule has 18 atom stereocenters. The lowest BCUT2D eigenvalue weighted by molar-refractivity contribution is -0.128. The van der Waals surface area contributed by atoms with Crippen LogP contribution >= 0.6 is 0 Å². The molecule has 0 aliphatic heterocycles. The highest BCUT2D eigenvalue weighted by Gasteiger charge is 2.36. The minimum atomic E-state index is -1.08. The third-order valence-corrected chi connectivity index (χ3v) is 26.8. The second-order valence-electron chi connectivity index (χ2n) is 41.2. The molecule has 0 bridgehead atoms. The zero-order chi connectivity index (χ0) is 101. The molecule has 18 unspecified atom stereocenters. The molecule has 0 fully saturated rings. The van der Waals surface area contributed by atoms with Crippen LogP contribution in [0.15, 0.2) is 0 Å². The molecule has 0 radical (unpaired) electrons. The van der Waals surface area contributed by atoms with E-state index in [1.54, 1.807) is 0 Å². The Balaban J connectivity index is 8.84. The zero-order valence-electron chi connectivity index (χ0n) is 91.4. The Morgan fingerprint density at radius 2 is 0.378 bits per heavy atom. The van der Waals surface area contributed by atoms with Gasteiger partial charge in [-0.25, -0.2) is 0 Å². The van der Waals surface area contributed by atoms with E-state index < -0.39 is 23.5 Å². The smallest absolute Gasteiger partial charge is 0.220 e. The number of hydrogen-bond acceptors (Lipinski definition) is 23. The van der Waals surface area contributed by atoms with Crippen molar-refractivity contribution in [1.82, 2.24) is 16.0 Å². The van der Waals surface area contributed by atoms with E-state index in [0.717, 1.165) is 122 Å². The predicted molar refractivity (Wildman–Crippen MR) is 548 cm³/mol. The lowest BCUT2D eigenvalue weighted by Gasteiger charge is -2.34. The van der Waals surface area contributed by atoms with Gasteiger partial charge in [0, 0.05) is 111 Å². The number of unbranched alkanes of at least 4 members (excludes halogenated alkanes) is 7. The van der Waals surface area contributed by atoms with E-state index in [1.165, 1.54) is 0 Å². The number of amides is 3. The fourth-order valence-corrected chi connectivity index (χ4v) is 13.6. The van der Waals surface area contributed by atoms with Crippen LogP contribution in [0.4, 0.5) is 0 Å². The van der Waals surface area contributed by atoms with Crippen LogP contribution in [0.2, 0.25) is 0 Å². The highest BCUT2D eigenvalue weighted by Crippen LogP contribution is 2.40. The third kappa shape index (κ3) is 76.6. The maximum atomic E-state index is 15.5. The van der Waals surface area contributed by atoms with Crippen molar-refractivity contribution in [2.45, 2.75) is 401 Å². The Kier molecular flexibility index (Phi) is 87.2. The number of Topliss-reactive ketones (excluding diaryl/α,β-unsaturated/α-hetero) is 1. The van der Waals surface area contributed by atoms with Crippen LogP contribution < -0.4 is 21.7 Å². The molecule has 0 aliphatic carbocycles. The predicted octanol–water partition coefficient (Wildman–Crippen LogP) is 20.3. The largest absolute Gasteiger partial charge is 0.378 e. The molecule has 0 heterocycles. The maximum absolute atomic E-state index is 15.5. The Hall–Kier alpha value is -2.68. The second-order valence-corrected chi connectivity index (χ2v) is 41.2. The van der Waals surface area contributed by atoms with Crippen molar-refractivity contribution >= 4 is 23.5 Å². The monoisotopic (exact) mass is 1930 g/mol. The molecule has 0 aromatic carbocycles. The first-order chi connectivity index (χ1) is 64.9. The van der Waals surface area contributed by atoms with Crippen LogP contribution in [0.1, 0.15) is 346 Å². The average Bonchev–Trinajstić information content (AvgIpc) is 0.839. The average molecular weight is 1930 g/mol. The number of carbonyl (C=O) groups excluding carboxylic acids is 4. The summed E-state index contributed by atoms with van der Waals surface area (Å²) in [5.74, 6) is 3.23. The standard InChI is InChI=1S/C109H216N4O22/c1-25-84(13)54-118-72-100(130-60-90(19)31-7)78-124-66-96(67-125-79-101(131-61-91(20)32-8)73-119-55-85(14)26-2)111-106(115)46-49-109(53-99(114)45-43-41-39-37-38-40-42-44-52-110,50-47-107(116)112-97(68-126-80-102(132-62-92(21)33-9)74-120-56-86(15)27-3)69-127-81-103(133-63-93(22)34-10)75-121-57-87(16)28-4)51-48-108(117)113-98(70-128-82-104(134-64-94(23)35-11)76-122-58-88(17)29-5)71-129-83-105(135-65-95(24)36-12)77-123-59-89(18)30-6/h84-98,100-105H,25-83,110H2,1-24H3,(H,111,115)(H,112,116)(H,113,117). The van der Waals surface area contributed by atoms with Crippen LogP contribution in [-0.4, -0.2) is 283 Å². The Bertz CT molecular complexity index is 2300. The lowest BCUT2D eigenvalue weighted by atomic mass is 9.71. The number of carbonyl (C=O) groups is 4. The Morgan fingerprint density at radius 1 is 0.215 bits per heavy atom. The SMILES string of the molecule is CCC(C)COCC(COCC(COCC(COCC(C)CC)OCC(C)CC)NC(=O)CCC(CCC(=O)NC(COCC(COCC(C)CC)OCC(C)CC)COCC(COCC(C)CC)OCC(C)CC)(CCC(=O)NC(COCC(COCC(C)CC)OCC(C)CC)COCC(COCC(C)CC)OCC(C)CC)CC(=O)CCCCCCCCCCN)OCC(C)CC. The van der Waals surface area contributed by atoms with Gasteiger partial charge in [0.25, 0.3) is 0 Å². The van der Waals surface area contributed by atoms with Gasteiger partial charge < -0.3 is 107 Å². The molecular formula is C109H216N4O22. The molecule has 135 heavy (non-hydrogen) atoms. The first kappa shape index (κ1) is 132. The normalized spacial score (nSPS) is 17.3. The van der Waals surface area contributed by atoms with Gasteiger partial charge in [-0.2, -0.15) is 0 Å². The van der Waals surface area contributed by atoms with E-state index >= 15 is 19.2 Å². The summed E-state index contributed by atoms with van der Waals surface area (Å²) in [4.78, 5) is 61.7. The van der Waals surface area contributed by atoms with Gasteiger partial charge in [-0.15, -0.1) is 0 Å². The van der Waals surface area contributed by atoms with Gasteiger partial charge in [0.15, 0.2) is 0 Å². The van der Waals surface area contributed by atoms with Gasteiger partial charge in [0.05, 0.1) is 137 Å². The van der Waals surface area contributed by atoms with E-state index in [0.29, 0.717) is 209 Å². The molecule has 0 saturated carbocycles. The van der Waals surface area contributed by atoms with Crippen molar-refractivity contribution in [1.29, 1.82) is 0 Å². The number of hydrogen-bond donors (Lipinski definition) is 4. The maximum Gasteiger partial charge on any atom is 0.220 e. The fourth-order valence-electron chi connectivity index (χ4n) is 13.6. The molecule has 26 nitrogen and oxygen atoms in total. The molecule has 804 valence electrons. The van der Waals surface area contributed by atoms with Gasteiger partial charge in [-0.1, -0.05) is 282 Å². The number of rotatable bonds is 102. The molecule has 0 aromatic heterocycles. The first-order valence-corrected chi connectivity index (χ1v) is 54.7. The Labute approximate surface area is 827 Å². The molecule has 26 heteroatoms. The van der Waals surface area contributed by atoms with E-state index in [2.05, 4.69) is 182 Å². The lowest BCUT2D eigenvalue weighted by Crippen LogP contribution is -2.45. The summed E-state index contributed by atoms with van der Waals surface area (Å²) in [7, 11) is 0. The van der Waals surface area contributed by atoms with E-state index in [-0.39, 0.29) is 184 Å². The van der Waals surface area contributed by atoms with Crippen molar-refractivity contribution in [3.63, 3.8) is 0 Å². The van der Waals surface area contributed by atoms with Crippen molar-refractivity contribution < 1.29 is 104 Å². The van der Waals surface area contributed by atoms with Gasteiger partial charge >= 0.3 is 0 Å². The van der Waals surface area contributed by atoms with Crippen LogP contribution in [0.3, 0.4) is 0 Å². The van der Waals surface area contributed by atoms with Crippen molar-refractivity contribution in [3.8, 4) is 0 Å². The Morgan fingerprint density at radius 3 is 0.556 bits per heavy atom. The molecule has 3 amide bonds. The van der Waals surface area contributed by atoms with Gasteiger partial charge in [-0.3, -0.25) is 19.2 Å². The van der Waals surface area contributed by atoms with E-state index in [9.17, 15) is 0 Å². The van der Waals surface area contributed by atoms with Crippen molar-refractivity contribution in [3.05, 3.63) is 0 Å². The van der Waals surface area contributed by atoms with Crippen LogP contribution in [0.5, 0.6) is 0 Å². The zero-order valence-corrected chi connectivity index (χ0v) is 91.4. The molecule has 0 rings (SSSR count). The summed E-state index contributed by atoms with van der Waals surface area (Å²) >= 11 is 0. The van der Waals surface area contributed by atoms with E-state index in [1.807, 2.05) is 0 Å². The minimum absolute atomic E-state index is 0.00242. The molecule has 0 aliphatic rings. The van der Waals surface area contributed by atoms with Crippen LogP contribution in [-0.2, 0) is 104 Å². The number of nitrogens with two attached hydrogens (primary N) is 1. The third-order valence-electron chi connectivity index (χ3n) is 26.8. The fraction of sp³-hybridized carbons (Fsp3) is 0.963. The van der Waals surface area contributed by atoms with Crippen LogP contribution in [0, 0.1) is 76.4 Å². The summed E-state index contributed by atoms with van der Waals surface area (Å²) < 4.78 is 116. The van der Waals surface area contributed by atoms with Crippen molar-refractivity contribution in [2.24, 2.45) is 82.2 Å². The van der Waals surface area contributed by atoms with Gasteiger partial charge in [0.2, 0.25) is 17.7 Å². The number of ketones is 1. The molecule has 5 N–H and O–H groups in total. The summed E-state index contributed by atoms with van der Waals surface area (Å²) in [6, 6.07) is -1.97. The quantitative estimate of drug-likeness (QED) is 0.0411. The highest BCUT2D eigenvalue weighted by molar-refractivity contribution is 5.81. The molecule has 0 saturated heterocycles. The summed E-state index contributed by atoms with van der Waals surface area (Å²) in [6.07, 6.45) is 17.9. The summed E-state index contributed by atoms with van der Waals surface area (Å²) in [6.45, 7) is 63.1.